The third-order valence-corrected chi connectivity index (χ3v) is 6.24. The lowest BCUT2D eigenvalue weighted by Crippen LogP contribution is -2.43. The Bertz CT molecular complexity index is 1010. The van der Waals surface area contributed by atoms with E-state index in [4.69, 9.17) is 10.8 Å². The predicted molar refractivity (Wildman–Crippen MR) is 126 cm³/mol. The van der Waals surface area contributed by atoms with Crippen molar-refractivity contribution >= 4 is 11.3 Å². The van der Waals surface area contributed by atoms with Gasteiger partial charge in [-0.25, -0.2) is 0 Å². The van der Waals surface area contributed by atoms with Crippen LogP contribution in [0.1, 0.15) is 49.8 Å². The molecule has 1 heterocycles. The van der Waals surface area contributed by atoms with E-state index in [1.807, 2.05) is 19.1 Å². The van der Waals surface area contributed by atoms with E-state index in [1.54, 1.807) is 0 Å². The first kappa shape index (κ1) is 20.2. The fraction of sp³-hybridized carbons (Fsp3) is 0.269. The lowest BCUT2D eigenvalue weighted by atomic mass is 9.72. The molecule has 154 valence electrons. The topological polar surface area (TPSA) is 62.4 Å². The lowest BCUT2D eigenvalue weighted by molar-refractivity contribution is 0.253. The summed E-state index contributed by atoms with van der Waals surface area (Å²) in [6, 6.07) is 19.0. The molecule has 4 heteroatoms. The second-order valence-corrected chi connectivity index (χ2v) is 8.26. The number of allylic oxidation sites excluding steroid dienone is 4. The molecule has 4 N–H and O–H groups in total. The second kappa shape index (κ2) is 8.33. The molecule has 0 aromatic heterocycles. The fourth-order valence-electron chi connectivity index (χ4n) is 3.93. The van der Waals surface area contributed by atoms with Crippen molar-refractivity contribution in [2.24, 2.45) is 10.8 Å². The molecule has 1 atom stereocenters. The van der Waals surface area contributed by atoms with Crippen LogP contribution in [0.5, 0.6) is 0 Å². The van der Waals surface area contributed by atoms with Crippen molar-refractivity contribution < 1.29 is 0 Å². The minimum atomic E-state index is -0.148. The van der Waals surface area contributed by atoms with Crippen LogP contribution in [0.3, 0.4) is 0 Å². The molecule has 30 heavy (non-hydrogen) atoms. The van der Waals surface area contributed by atoms with Gasteiger partial charge in [-0.2, -0.15) is 5.10 Å². The molecule has 2 aromatic rings. The van der Waals surface area contributed by atoms with E-state index in [2.05, 4.69) is 78.9 Å². The highest BCUT2D eigenvalue weighted by atomic mass is 15.4. The Balaban J connectivity index is 1.65. The zero-order valence-corrected chi connectivity index (χ0v) is 17.8. The molecule has 4 nitrogen and oxygen atoms in total. The minimum absolute atomic E-state index is 0.0968. The largest absolute Gasteiger partial charge is 0.364 e. The fourth-order valence-corrected chi connectivity index (χ4v) is 3.93. The summed E-state index contributed by atoms with van der Waals surface area (Å²) in [5, 5.41) is 8.24. The molecule has 1 unspecified atom stereocenters. The van der Waals surface area contributed by atoms with Gasteiger partial charge in [-0.3, -0.25) is 5.43 Å². The molecule has 1 aliphatic carbocycles. The van der Waals surface area contributed by atoms with Crippen molar-refractivity contribution in [2.45, 2.75) is 44.8 Å². The highest BCUT2D eigenvalue weighted by Gasteiger charge is 2.34. The molecule has 2 aromatic carbocycles. The third kappa shape index (κ3) is 3.96. The van der Waals surface area contributed by atoms with E-state index in [1.165, 1.54) is 12.0 Å². The molecule has 0 radical (unpaired) electrons. The first-order chi connectivity index (χ1) is 14.5. The van der Waals surface area contributed by atoms with E-state index >= 15 is 0 Å². The van der Waals surface area contributed by atoms with E-state index < -0.39 is 0 Å². The van der Waals surface area contributed by atoms with E-state index in [0.717, 1.165) is 46.5 Å². The first-order valence-corrected chi connectivity index (χ1v) is 10.6. The summed E-state index contributed by atoms with van der Waals surface area (Å²) >= 11 is 0. The summed E-state index contributed by atoms with van der Waals surface area (Å²) in [4.78, 5) is 0. The molecule has 2 aliphatic rings. The van der Waals surface area contributed by atoms with Crippen molar-refractivity contribution in [3.63, 3.8) is 0 Å². The van der Waals surface area contributed by atoms with Gasteiger partial charge in [-0.1, -0.05) is 67.3 Å². The number of benzene rings is 2. The molecular formula is C26H30N4. The maximum atomic E-state index is 6.50. The molecule has 1 aliphatic heterocycles. The van der Waals surface area contributed by atoms with Crippen molar-refractivity contribution in [1.29, 1.82) is 0 Å². The molecule has 0 saturated heterocycles. The Kier molecular flexibility index (Phi) is 5.60. The van der Waals surface area contributed by atoms with Gasteiger partial charge in [0.1, 0.15) is 6.17 Å². The predicted octanol–water partition coefficient (Wildman–Crippen LogP) is 4.81. The quantitative estimate of drug-likeness (QED) is 0.612. The zero-order valence-electron chi connectivity index (χ0n) is 17.8. The van der Waals surface area contributed by atoms with Crippen molar-refractivity contribution in [1.82, 2.24) is 10.7 Å². The molecule has 1 fully saturated rings. The monoisotopic (exact) mass is 398 g/mol. The number of rotatable bonds is 6. The van der Waals surface area contributed by atoms with Gasteiger partial charge in [0.25, 0.3) is 0 Å². The van der Waals surface area contributed by atoms with Gasteiger partial charge in [0.05, 0.1) is 5.71 Å². The second-order valence-electron chi connectivity index (χ2n) is 8.26. The molecule has 0 amide bonds. The average Bonchev–Trinajstić information content (AvgIpc) is 2.77. The van der Waals surface area contributed by atoms with Gasteiger partial charge in [0, 0.05) is 22.4 Å². The lowest BCUT2D eigenvalue weighted by Gasteiger charge is -2.38. The minimum Gasteiger partial charge on any atom is -0.364 e. The molecule has 1 saturated carbocycles. The van der Waals surface area contributed by atoms with Gasteiger partial charge < -0.3 is 11.1 Å². The maximum absolute atomic E-state index is 6.50. The summed E-state index contributed by atoms with van der Waals surface area (Å²) in [5.74, 6) is 0. The normalized spacial score (nSPS) is 20.7. The maximum Gasteiger partial charge on any atom is 0.132 e. The summed E-state index contributed by atoms with van der Waals surface area (Å²) in [6.45, 7) is 7.95. The van der Waals surface area contributed by atoms with Gasteiger partial charge in [0.2, 0.25) is 0 Å². The van der Waals surface area contributed by atoms with Gasteiger partial charge >= 0.3 is 0 Å². The van der Waals surface area contributed by atoms with E-state index in [9.17, 15) is 0 Å². The number of hydrogen-bond acceptors (Lipinski definition) is 4. The van der Waals surface area contributed by atoms with Crippen LogP contribution in [0.4, 0.5) is 0 Å². The Morgan fingerprint density at radius 1 is 1.10 bits per heavy atom. The SMILES string of the molecule is C=C/C(C)=C(\C)NC1C=C(c2ccccc2)C(c2ccc(C3(N)CCC3)cc2)=NN1. The Hall–Kier alpha value is -3.11. The summed E-state index contributed by atoms with van der Waals surface area (Å²) in [6.07, 6.45) is 7.30. The van der Waals surface area contributed by atoms with Crippen molar-refractivity contribution in [3.05, 3.63) is 101 Å². The Morgan fingerprint density at radius 3 is 2.40 bits per heavy atom. The van der Waals surface area contributed by atoms with Crippen LogP contribution in [0.15, 0.2) is 89.7 Å². The molecule has 4 rings (SSSR count). The number of hydrazone groups is 1. The number of nitrogens with zero attached hydrogens (tertiary/aromatic N) is 1. The molecule has 0 spiro atoms. The van der Waals surface area contributed by atoms with Crippen LogP contribution >= 0.6 is 0 Å². The number of hydrogen-bond donors (Lipinski definition) is 3. The van der Waals surface area contributed by atoms with Crippen LogP contribution in [-0.2, 0) is 5.54 Å². The van der Waals surface area contributed by atoms with Gasteiger partial charge in [-0.15, -0.1) is 0 Å². The molecule has 0 bridgehead atoms. The summed E-state index contributed by atoms with van der Waals surface area (Å²) in [5.41, 5.74) is 17.3. The van der Waals surface area contributed by atoms with Gasteiger partial charge in [-0.05, 0) is 55.9 Å². The Labute approximate surface area is 179 Å². The standard InChI is InChI=1S/C26H30N4/c1-4-18(2)19(3)28-24-17-23(20-9-6-5-7-10-20)25(30-29-24)21-11-13-22(14-12-21)26(27)15-8-16-26/h4-7,9-14,17,24,28-29H,1,8,15-16,27H2,2-3H3/b19-18+. The van der Waals surface area contributed by atoms with Crippen LogP contribution in [-0.4, -0.2) is 11.9 Å². The van der Waals surface area contributed by atoms with Crippen LogP contribution < -0.4 is 16.5 Å². The van der Waals surface area contributed by atoms with Crippen LogP contribution in [0, 0.1) is 0 Å². The van der Waals surface area contributed by atoms with E-state index in [0.29, 0.717) is 0 Å². The van der Waals surface area contributed by atoms with Crippen LogP contribution in [0.2, 0.25) is 0 Å². The van der Waals surface area contributed by atoms with Crippen molar-refractivity contribution in [3.8, 4) is 0 Å². The van der Waals surface area contributed by atoms with Gasteiger partial charge in [0.15, 0.2) is 0 Å². The zero-order chi connectivity index (χ0) is 21.1. The number of nitrogens with one attached hydrogen (secondary N) is 2. The average molecular weight is 399 g/mol. The first-order valence-electron chi connectivity index (χ1n) is 10.6. The highest BCUT2D eigenvalue weighted by molar-refractivity contribution is 6.32. The van der Waals surface area contributed by atoms with E-state index in [-0.39, 0.29) is 11.7 Å². The van der Waals surface area contributed by atoms with Crippen LogP contribution in [0.25, 0.3) is 5.57 Å². The third-order valence-electron chi connectivity index (χ3n) is 6.24. The number of nitrogens with two attached hydrogens (primary N) is 1. The Morgan fingerprint density at radius 2 is 1.80 bits per heavy atom. The highest BCUT2D eigenvalue weighted by Crippen LogP contribution is 2.38. The molecular weight excluding hydrogens is 368 g/mol. The van der Waals surface area contributed by atoms with Crippen molar-refractivity contribution in [2.75, 3.05) is 0 Å². The smallest absolute Gasteiger partial charge is 0.132 e. The summed E-state index contributed by atoms with van der Waals surface area (Å²) < 4.78 is 0. The summed E-state index contributed by atoms with van der Waals surface area (Å²) in [7, 11) is 0.